The lowest BCUT2D eigenvalue weighted by molar-refractivity contribution is 0.316. The lowest BCUT2D eigenvalue weighted by Crippen LogP contribution is -2.35. The van der Waals surface area contributed by atoms with Crippen LogP contribution in [0.2, 0.25) is 0 Å². The maximum Gasteiger partial charge on any atom is 0.161 e. The smallest absolute Gasteiger partial charge is 0.161 e. The quantitative estimate of drug-likeness (QED) is 0.347. The summed E-state index contributed by atoms with van der Waals surface area (Å²) < 4.78 is 13.6. The van der Waals surface area contributed by atoms with E-state index in [1.165, 1.54) is 6.07 Å². The Morgan fingerprint density at radius 3 is 2.82 bits per heavy atom. The highest BCUT2D eigenvalue weighted by molar-refractivity contribution is 9.10. The van der Waals surface area contributed by atoms with Crippen LogP contribution < -0.4 is 11.1 Å². The summed E-state index contributed by atoms with van der Waals surface area (Å²) in [5, 5.41) is 14.7. The van der Waals surface area contributed by atoms with E-state index in [0.29, 0.717) is 10.9 Å². The predicted octanol–water partition coefficient (Wildman–Crippen LogP) is 2.83. The van der Waals surface area contributed by atoms with Gasteiger partial charge in [-0.1, -0.05) is 12.1 Å². The maximum atomic E-state index is 13.2. The highest BCUT2D eigenvalue weighted by atomic mass is 79.9. The van der Waals surface area contributed by atoms with Crippen LogP contribution in [0.3, 0.4) is 0 Å². The molecule has 0 aromatic heterocycles. The lowest BCUT2D eigenvalue weighted by Gasteiger charge is -2.18. The third-order valence-corrected chi connectivity index (χ3v) is 3.09. The van der Waals surface area contributed by atoms with E-state index < -0.39 is 0 Å². The number of halogens is 2. The number of nitrogens with two attached hydrogens (primary N) is 1. The average molecular weight is 304 g/mol. The SMILES string of the molecule is CCC(Nc1cc(Br)c(F)cc1C)/C(N)=N/O. The largest absolute Gasteiger partial charge is 0.409 e. The van der Waals surface area contributed by atoms with Gasteiger partial charge in [-0.05, 0) is 47.0 Å². The van der Waals surface area contributed by atoms with Crippen LogP contribution in [0.1, 0.15) is 18.9 Å². The number of nitrogens with zero attached hydrogens (tertiary/aromatic N) is 1. The Bertz CT molecular complexity index is 437. The van der Waals surface area contributed by atoms with E-state index >= 15 is 0 Å². The fourth-order valence-electron chi connectivity index (χ4n) is 1.44. The number of benzene rings is 1. The van der Waals surface area contributed by atoms with E-state index in [-0.39, 0.29) is 17.7 Å². The van der Waals surface area contributed by atoms with Gasteiger partial charge in [-0.15, -0.1) is 0 Å². The van der Waals surface area contributed by atoms with E-state index in [4.69, 9.17) is 10.9 Å². The molecule has 0 aliphatic rings. The number of rotatable bonds is 4. The van der Waals surface area contributed by atoms with Crippen molar-refractivity contribution in [2.75, 3.05) is 5.32 Å². The van der Waals surface area contributed by atoms with Gasteiger partial charge < -0.3 is 16.3 Å². The Morgan fingerprint density at radius 1 is 1.65 bits per heavy atom. The second kappa shape index (κ2) is 5.86. The second-order valence-corrected chi connectivity index (χ2v) is 4.57. The normalized spacial score (nSPS) is 13.5. The molecule has 17 heavy (non-hydrogen) atoms. The van der Waals surface area contributed by atoms with Gasteiger partial charge in [0, 0.05) is 5.69 Å². The van der Waals surface area contributed by atoms with Crippen molar-refractivity contribution in [2.24, 2.45) is 10.9 Å². The van der Waals surface area contributed by atoms with Crippen molar-refractivity contribution in [2.45, 2.75) is 26.3 Å². The van der Waals surface area contributed by atoms with Crippen molar-refractivity contribution in [3.05, 3.63) is 28.0 Å². The van der Waals surface area contributed by atoms with Crippen molar-refractivity contribution in [3.63, 3.8) is 0 Å². The van der Waals surface area contributed by atoms with Crippen LogP contribution in [0.15, 0.2) is 21.8 Å². The Balaban J connectivity index is 2.98. The minimum Gasteiger partial charge on any atom is -0.409 e. The molecule has 0 radical (unpaired) electrons. The number of anilines is 1. The summed E-state index contributed by atoms with van der Waals surface area (Å²) in [6.07, 6.45) is 0.657. The Labute approximate surface area is 108 Å². The molecule has 0 saturated heterocycles. The van der Waals surface area contributed by atoms with Crippen LogP contribution in [0.25, 0.3) is 0 Å². The van der Waals surface area contributed by atoms with Crippen LogP contribution >= 0.6 is 15.9 Å². The number of amidine groups is 1. The molecule has 4 nitrogen and oxygen atoms in total. The molecular formula is C11H15BrFN3O. The standard InChI is InChI=1S/C11H15BrFN3O/c1-3-9(11(14)16-17)15-10-5-7(12)8(13)4-6(10)2/h4-5,9,15,17H,3H2,1-2H3,(H2,14,16). The van der Waals surface area contributed by atoms with Crippen LogP contribution in [0, 0.1) is 12.7 Å². The first-order valence-corrected chi connectivity index (χ1v) is 5.98. The number of nitrogens with one attached hydrogen (secondary N) is 1. The Kier molecular flexibility index (Phi) is 4.74. The van der Waals surface area contributed by atoms with E-state index in [2.05, 4.69) is 26.4 Å². The zero-order valence-electron chi connectivity index (χ0n) is 9.67. The van der Waals surface area contributed by atoms with E-state index in [0.717, 1.165) is 11.3 Å². The molecule has 0 spiro atoms. The summed E-state index contributed by atoms with van der Waals surface area (Å²) in [5.74, 6) is -0.211. The molecule has 1 atom stereocenters. The van der Waals surface area contributed by atoms with Gasteiger partial charge in [-0.3, -0.25) is 0 Å². The van der Waals surface area contributed by atoms with Crippen molar-refractivity contribution >= 4 is 27.5 Å². The molecule has 0 aliphatic carbocycles. The molecule has 0 heterocycles. The molecule has 1 rings (SSSR count). The third-order valence-electron chi connectivity index (χ3n) is 2.48. The van der Waals surface area contributed by atoms with Crippen molar-refractivity contribution in [1.29, 1.82) is 0 Å². The molecule has 1 unspecified atom stereocenters. The fraction of sp³-hybridized carbons (Fsp3) is 0.364. The average Bonchev–Trinajstić information content (AvgIpc) is 2.31. The first-order chi connectivity index (χ1) is 7.99. The highest BCUT2D eigenvalue weighted by Crippen LogP contribution is 2.25. The van der Waals surface area contributed by atoms with E-state index in [1.54, 1.807) is 13.0 Å². The molecule has 1 aromatic carbocycles. The summed E-state index contributed by atoms with van der Waals surface area (Å²) in [7, 11) is 0. The highest BCUT2D eigenvalue weighted by Gasteiger charge is 2.13. The van der Waals surface area contributed by atoms with Gasteiger partial charge in [0.25, 0.3) is 0 Å². The molecule has 94 valence electrons. The molecule has 1 aromatic rings. The zero-order valence-corrected chi connectivity index (χ0v) is 11.3. The van der Waals surface area contributed by atoms with Gasteiger partial charge in [0.15, 0.2) is 5.84 Å². The summed E-state index contributed by atoms with van der Waals surface area (Å²) in [6, 6.07) is 2.78. The maximum absolute atomic E-state index is 13.2. The molecule has 6 heteroatoms. The molecule has 0 bridgehead atoms. The fourth-order valence-corrected chi connectivity index (χ4v) is 1.79. The summed E-state index contributed by atoms with van der Waals surface area (Å²) >= 11 is 3.12. The van der Waals surface area contributed by atoms with Gasteiger partial charge in [0.2, 0.25) is 0 Å². The second-order valence-electron chi connectivity index (χ2n) is 3.71. The summed E-state index contributed by atoms with van der Waals surface area (Å²) in [5.41, 5.74) is 7.05. The summed E-state index contributed by atoms with van der Waals surface area (Å²) in [6.45, 7) is 3.69. The van der Waals surface area contributed by atoms with Gasteiger partial charge in [0.1, 0.15) is 5.82 Å². The van der Waals surface area contributed by atoms with Crippen LogP contribution in [-0.4, -0.2) is 17.1 Å². The molecule has 0 saturated carbocycles. The zero-order chi connectivity index (χ0) is 13.0. The predicted molar refractivity (Wildman–Crippen MR) is 69.9 cm³/mol. The number of hydrogen-bond acceptors (Lipinski definition) is 3. The summed E-state index contributed by atoms with van der Waals surface area (Å²) in [4.78, 5) is 0. The topological polar surface area (TPSA) is 70.6 Å². The first kappa shape index (κ1) is 13.8. The van der Waals surface area contributed by atoms with Crippen molar-refractivity contribution in [3.8, 4) is 0 Å². The van der Waals surface area contributed by atoms with Crippen LogP contribution in [0.4, 0.5) is 10.1 Å². The monoisotopic (exact) mass is 303 g/mol. The number of aryl methyl sites for hydroxylation is 1. The minimum absolute atomic E-state index is 0.104. The number of oxime groups is 1. The molecular weight excluding hydrogens is 289 g/mol. The Morgan fingerprint density at radius 2 is 2.29 bits per heavy atom. The molecule has 0 aliphatic heterocycles. The van der Waals surface area contributed by atoms with E-state index in [9.17, 15) is 4.39 Å². The minimum atomic E-state index is -0.315. The van der Waals surface area contributed by atoms with Crippen LogP contribution in [-0.2, 0) is 0 Å². The number of hydrogen-bond donors (Lipinski definition) is 3. The lowest BCUT2D eigenvalue weighted by atomic mass is 10.1. The van der Waals surface area contributed by atoms with E-state index in [1.807, 2.05) is 6.92 Å². The van der Waals surface area contributed by atoms with Crippen molar-refractivity contribution in [1.82, 2.24) is 0 Å². The van der Waals surface area contributed by atoms with Gasteiger partial charge >= 0.3 is 0 Å². The van der Waals surface area contributed by atoms with Gasteiger partial charge in [-0.2, -0.15) is 0 Å². The molecule has 0 fully saturated rings. The third kappa shape index (κ3) is 3.33. The van der Waals surface area contributed by atoms with Crippen LogP contribution in [0.5, 0.6) is 0 Å². The van der Waals surface area contributed by atoms with Gasteiger partial charge in [-0.25, -0.2) is 4.39 Å². The molecule has 4 N–H and O–H groups in total. The molecule has 0 amide bonds. The first-order valence-electron chi connectivity index (χ1n) is 5.19. The van der Waals surface area contributed by atoms with Crippen molar-refractivity contribution < 1.29 is 9.60 Å². The Hall–Kier alpha value is -1.30. The van der Waals surface area contributed by atoms with Gasteiger partial charge in [0.05, 0.1) is 10.5 Å².